The summed E-state index contributed by atoms with van der Waals surface area (Å²) in [6, 6.07) is 17.8. The van der Waals surface area contributed by atoms with Gasteiger partial charge in [-0.3, -0.25) is 9.98 Å². The summed E-state index contributed by atoms with van der Waals surface area (Å²) in [5.41, 5.74) is 7.36. The molecule has 0 aromatic heterocycles. The quantitative estimate of drug-likeness (QED) is 0.0273. The molecular formula is C73H126N2Pd. The number of hydrogen-bond donors (Lipinski definition) is 0. The van der Waals surface area contributed by atoms with E-state index in [1.807, 2.05) is 0 Å². The minimum absolute atomic E-state index is 0. The SMILES string of the molecule is CCCCCCCCCCCCCCCCCCCCC/C=C/CCCc1ccccc1/N=C(CC)\C(CCCCC)=N\c1ccccc1CCC/C=C/CCCCCCCCCCCCCCCCCCCCC.[Pd]. The molecule has 0 saturated heterocycles. The number of aryl methyl sites for hydroxylation is 2. The molecule has 0 amide bonds. The second kappa shape index (κ2) is 57.6. The molecule has 2 nitrogen and oxygen atoms in total. The van der Waals surface area contributed by atoms with Gasteiger partial charge < -0.3 is 0 Å². The average Bonchev–Trinajstić information content (AvgIpc) is 3.43. The van der Waals surface area contributed by atoms with Gasteiger partial charge in [-0.1, -0.05) is 332 Å². The van der Waals surface area contributed by atoms with Crippen LogP contribution in [0.5, 0.6) is 0 Å². The molecule has 0 saturated carbocycles. The van der Waals surface area contributed by atoms with E-state index in [1.54, 1.807) is 0 Å². The third kappa shape index (κ3) is 43.8. The smallest absolute Gasteiger partial charge is 0.0665 e. The first kappa shape index (κ1) is 71.9. The van der Waals surface area contributed by atoms with E-state index in [4.69, 9.17) is 9.98 Å². The van der Waals surface area contributed by atoms with E-state index in [-0.39, 0.29) is 20.4 Å². The Balaban J connectivity index is 0.0000289. The molecule has 2 rings (SSSR count). The van der Waals surface area contributed by atoms with Crippen LogP contribution in [0.1, 0.15) is 353 Å². The van der Waals surface area contributed by atoms with E-state index in [9.17, 15) is 0 Å². The largest absolute Gasteiger partial charge is 0.251 e. The van der Waals surface area contributed by atoms with Gasteiger partial charge in [-0.15, -0.1) is 0 Å². The normalized spacial score (nSPS) is 12.2. The standard InChI is InChI=1S/C73H126N2.Pd/c1-5-9-12-14-16-18-20-22-24-26-28-30-32-34-36-38-40-42-44-46-48-50-52-55-61-68-63-57-59-65-71(68)74-70(8-4)73(67-54-11-7-3)75-72-66-60-58-64-69(72)62-56-53-51-49-47-45-43-41-39-37-35-33-31-29-27-25-23-21-19-17-15-13-10-6-2;/h48-51,57-60,63-66H,5-47,52-56,61-62,67H2,1-4H3;/b50-48+,51-49+,74-70-,75-73+;. The van der Waals surface area contributed by atoms with Crippen molar-refractivity contribution in [2.75, 3.05) is 0 Å². The van der Waals surface area contributed by atoms with E-state index in [2.05, 4.69) is 101 Å². The van der Waals surface area contributed by atoms with Crippen LogP contribution in [0.3, 0.4) is 0 Å². The third-order valence-electron chi connectivity index (χ3n) is 16.1. The summed E-state index contributed by atoms with van der Waals surface area (Å²) in [5, 5.41) is 0. The first-order valence-corrected chi connectivity index (χ1v) is 33.8. The maximum Gasteiger partial charge on any atom is 0.0665 e. The van der Waals surface area contributed by atoms with Crippen molar-refractivity contribution in [1.29, 1.82) is 0 Å². The molecule has 3 heteroatoms. The van der Waals surface area contributed by atoms with Crippen LogP contribution >= 0.6 is 0 Å². The van der Waals surface area contributed by atoms with Gasteiger partial charge >= 0.3 is 0 Å². The molecule has 0 N–H and O–H groups in total. The Morgan fingerprint density at radius 2 is 0.539 bits per heavy atom. The van der Waals surface area contributed by atoms with Gasteiger partial charge in [0.25, 0.3) is 0 Å². The number of rotatable bonds is 56. The fourth-order valence-corrected chi connectivity index (χ4v) is 11.1. The predicted molar refractivity (Wildman–Crippen MR) is 342 cm³/mol. The van der Waals surface area contributed by atoms with Crippen molar-refractivity contribution in [3.05, 3.63) is 84.0 Å². The second-order valence-electron chi connectivity index (χ2n) is 23.2. The number of allylic oxidation sites excluding steroid dienone is 4. The van der Waals surface area contributed by atoms with Crippen molar-refractivity contribution in [1.82, 2.24) is 0 Å². The Morgan fingerprint density at radius 3 is 0.842 bits per heavy atom. The van der Waals surface area contributed by atoms with Crippen LogP contribution in [-0.4, -0.2) is 11.4 Å². The molecule has 0 radical (unpaired) electrons. The molecule has 438 valence electrons. The Bertz CT molecular complexity index is 1630. The van der Waals surface area contributed by atoms with Crippen molar-refractivity contribution in [3.63, 3.8) is 0 Å². The molecule has 0 aliphatic rings. The predicted octanol–water partition coefficient (Wildman–Crippen LogP) is 25.9. The summed E-state index contributed by atoms with van der Waals surface area (Å²) in [5.74, 6) is 0. The Kier molecular flexibility index (Phi) is 54.5. The Labute approximate surface area is 489 Å². The number of aliphatic imine (C=N–C) groups is 2. The summed E-state index contributed by atoms with van der Waals surface area (Å²) in [6.07, 6.45) is 79.3. The molecule has 2 aromatic rings. The monoisotopic (exact) mass is 1140 g/mol. The molecule has 0 fully saturated rings. The van der Waals surface area contributed by atoms with Crippen molar-refractivity contribution in [2.24, 2.45) is 9.98 Å². The minimum atomic E-state index is 0. The van der Waals surface area contributed by atoms with Crippen molar-refractivity contribution >= 4 is 22.8 Å². The average molecular weight is 1140 g/mol. The van der Waals surface area contributed by atoms with Crippen LogP contribution in [0.15, 0.2) is 82.8 Å². The maximum absolute atomic E-state index is 5.46. The Morgan fingerprint density at radius 1 is 0.289 bits per heavy atom. The van der Waals surface area contributed by atoms with Crippen LogP contribution in [0.2, 0.25) is 0 Å². The van der Waals surface area contributed by atoms with Gasteiger partial charge in [-0.05, 0) is 107 Å². The third-order valence-corrected chi connectivity index (χ3v) is 16.1. The molecular weight excluding hydrogens is 1010 g/mol. The fourth-order valence-electron chi connectivity index (χ4n) is 11.1. The van der Waals surface area contributed by atoms with Gasteiger partial charge in [0.05, 0.1) is 22.8 Å². The zero-order valence-electron chi connectivity index (χ0n) is 51.2. The molecule has 76 heavy (non-hydrogen) atoms. The van der Waals surface area contributed by atoms with Gasteiger partial charge in [0.1, 0.15) is 0 Å². The molecule has 0 unspecified atom stereocenters. The van der Waals surface area contributed by atoms with Crippen LogP contribution in [0.25, 0.3) is 0 Å². The fraction of sp³-hybridized carbons (Fsp3) is 0.753. The maximum atomic E-state index is 5.46. The summed E-state index contributed by atoms with van der Waals surface area (Å²) in [7, 11) is 0. The number of hydrogen-bond acceptors (Lipinski definition) is 2. The number of para-hydroxylation sites is 2. The zero-order chi connectivity index (χ0) is 53.4. The number of benzene rings is 2. The van der Waals surface area contributed by atoms with Gasteiger partial charge in [-0.2, -0.15) is 0 Å². The van der Waals surface area contributed by atoms with Gasteiger partial charge in [-0.25, -0.2) is 0 Å². The molecule has 0 aliphatic heterocycles. The molecule has 0 bridgehead atoms. The van der Waals surface area contributed by atoms with Crippen LogP contribution in [-0.2, 0) is 33.3 Å². The van der Waals surface area contributed by atoms with Crippen LogP contribution in [0.4, 0.5) is 11.4 Å². The topological polar surface area (TPSA) is 24.7 Å². The Hall–Kier alpha value is -2.08. The molecule has 0 atom stereocenters. The van der Waals surface area contributed by atoms with E-state index in [1.165, 1.54) is 299 Å². The van der Waals surface area contributed by atoms with E-state index < -0.39 is 0 Å². The summed E-state index contributed by atoms with van der Waals surface area (Å²) in [4.78, 5) is 10.9. The second-order valence-corrected chi connectivity index (χ2v) is 23.2. The summed E-state index contributed by atoms with van der Waals surface area (Å²) in [6.45, 7) is 9.18. The molecule has 2 aromatic carbocycles. The van der Waals surface area contributed by atoms with Gasteiger partial charge in [0, 0.05) is 20.4 Å². The number of unbranched alkanes of at least 4 members (excludes halogenated alkanes) is 42. The van der Waals surface area contributed by atoms with Crippen LogP contribution in [0, 0.1) is 0 Å². The minimum Gasteiger partial charge on any atom is -0.251 e. The van der Waals surface area contributed by atoms with Crippen LogP contribution < -0.4 is 0 Å². The molecule has 0 aliphatic carbocycles. The zero-order valence-corrected chi connectivity index (χ0v) is 52.8. The summed E-state index contributed by atoms with van der Waals surface area (Å²) >= 11 is 0. The molecule has 0 spiro atoms. The van der Waals surface area contributed by atoms with Gasteiger partial charge in [0.15, 0.2) is 0 Å². The first-order chi connectivity index (χ1) is 37.2. The van der Waals surface area contributed by atoms with E-state index in [0.29, 0.717) is 0 Å². The van der Waals surface area contributed by atoms with E-state index >= 15 is 0 Å². The van der Waals surface area contributed by atoms with Crippen molar-refractivity contribution in [3.8, 4) is 0 Å². The summed E-state index contributed by atoms with van der Waals surface area (Å²) < 4.78 is 0. The first-order valence-electron chi connectivity index (χ1n) is 33.8. The van der Waals surface area contributed by atoms with Crippen molar-refractivity contribution in [2.45, 2.75) is 355 Å². The van der Waals surface area contributed by atoms with E-state index in [0.717, 1.165) is 62.0 Å². The van der Waals surface area contributed by atoms with Crippen molar-refractivity contribution < 1.29 is 20.4 Å². The number of nitrogens with zero attached hydrogens (tertiary/aromatic N) is 2. The van der Waals surface area contributed by atoms with Gasteiger partial charge in [0.2, 0.25) is 0 Å². The molecule has 0 heterocycles.